The van der Waals surface area contributed by atoms with Crippen molar-refractivity contribution in [3.8, 4) is 0 Å². The molecule has 90 valence electrons. The molecule has 1 saturated heterocycles. The van der Waals surface area contributed by atoms with Gasteiger partial charge in [0.2, 0.25) is 0 Å². The van der Waals surface area contributed by atoms with Crippen LogP contribution in [0.15, 0.2) is 18.3 Å². The van der Waals surface area contributed by atoms with Gasteiger partial charge in [-0.05, 0) is 31.1 Å². The van der Waals surface area contributed by atoms with Crippen molar-refractivity contribution in [2.75, 3.05) is 23.7 Å². The van der Waals surface area contributed by atoms with E-state index in [9.17, 15) is 5.21 Å². The standard InChI is InChI=1S/C13H17N3O/c14-12-3-4-13(15-6-1-2-7-15)10-5-8-16(17)9-11(10)12/h3-5,8,17H,1-2,6-7,9,14H2. The summed E-state index contributed by atoms with van der Waals surface area (Å²) in [5.41, 5.74) is 10.2. The molecule has 3 rings (SSSR count). The van der Waals surface area contributed by atoms with Gasteiger partial charge in [0.05, 0.1) is 6.54 Å². The monoisotopic (exact) mass is 231 g/mol. The van der Waals surface area contributed by atoms with Crippen molar-refractivity contribution in [2.45, 2.75) is 19.4 Å². The predicted molar refractivity (Wildman–Crippen MR) is 68.7 cm³/mol. The lowest BCUT2D eigenvalue weighted by molar-refractivity contribution is -0.0492. The Morgan fingerprint density at radius 3 is 2.71 bits per heavy atom. The normalized spacial score (nSPS) is 18.6. The lowest BCUT2D eigenvalue weighted by Crippen LogP contribution is -2.22. The first-order valence-electron chi connectivity index (χ1n) is 6.06. The lowest BCUT2D eigenvalue weighted by atomic mass is 10.00. The summed E-state index contributed by atoms with van der Waals surface area (Å²) >= 11 is 0. The van der Waals surface area contributed by atoms with Gasteiger partial charge in [0.25, 0.3) is 0 Å². The molecule has 17 heavy (non-hydrogen) atoms. The highest BCUT2D eigenvalue weighted by Gasteiger charge is 2.20. The number of nitrogen functional groups attached to an aromatic ring is 1. The van der Waals surface area contributed by atoms with Crippen LogP contribution in [0, 0.1) is 0 Å². The Morgan fingerprint density at radius 1 is 1.18 bits per heavy atom. The lowest BCUT2D eigenvalue weighted by Gasteiger charge is -2.27. The van der Waals surface area contributed by atoms with Crippen LogP contribution in [0.5, 0.6) is 0 Å². The van der Waals surface area contributed by atoms with Crippen molar-refractivity contribution in [3.63, 3.8) is 0 Å². The minimum Gasteiger partial charge on any atom is -0.398 e. The summed E-state index contributed by atoms with van der Waals surface area (Å²) in [6.07, 6.45) is 6.16. The van der Waals surface area contributed by atoms with Crippen molar-refractivity contribution in [3.05, 3.63) is 29.5 Å². The second kappa shape index (κ2) is 3.96. The van der Waals surface area contributed by atoms with Gasteiger partial charge in [-0.1, -0.05) is 0 Å². The first-order chi connectivity index (χ1) is 8.25. The van der Waals surface area contributed by atoms with Gasteiger partial charge in [0, 0.05) is 41.8 Å². The molecule has 0 spiro atoms. The molecule has 0 aliphatic carbocycles. The van der Waals surface area contributed by atoms with Crippen LogP contribution in [0.25, 0.3) is 6.08 Å². The average molecular weight is 231 g/mol. The van der Waals surface area contributed by atoms with Gasteiger partial charge in [-0.25, -0.2) is 0 Å². The van der Waals surface area contributed by atoms with E-state index in [0.29, 0.717) is 6.54 Å². The molecule has 2 aliphatic heterocycles. The minimum absolute atomic E-state index is 0.472. The molecule has 0 atom stereocenters. The molecule has 0 saturated carbocycles. The fourth-order valence-electron chi connectivity index (χ4n) is 2.64. The number of fused-ring (bicyclic) bond motifs is 1. The predicted octanol–water partition coefficient (Wildman–Crippen LogP) is 2.04. The van der Waals surface area contributed by atoms with Gasteiger partial charge in [0.15, 0.2) is 0 Å². The Bertz CT molecular complexity index is 464. The highest BCUT2D eigenvalue weighted by atomic mass is 16.5. The summed E-state index contributed by atoms with van der Waals surface area (Å²) in [5, 5.41) is 10.7. The van der Waals surface area contributed by atoms with E-state index in [1.165, 1.54) is 23.6 Å². The van der Waals surface area contributed by atoms with E-state index in [0.717, 1.165) is 29.9 Å². The quantitative estimate of drug-likeness (QED) is 0.726. The SMILES string of the molecule is Nc1ccc(N2CCCC2)c2c1CN(O)C=C2. The van der Waals surface area contributed by atoms with E-state index < -0.39 is 0 Å². The van der Waals surface area contributed by atoms with Crippen LogP contribution in [-0.2, 0) is 6.54 Å². The number of nitrogens with two attached hydrogens (primary N) is 1. The molecule has 4 heteroatoms. The maximum atomic E-state index is 9.51. The highest BCUT2D eigenvalue weighted by Crippen LogP contribution is 2.34. The second-order valence-corrected chi connectivity index (χ2v) is 4.67. The fourth-order valence-corrected chi connectivity index (χ4v) is 2.64. The third-order valence-electron chi connectivity index (χ3n) is 3.55. The molecule has 2 aliphatic rings. The molecular weight excluding hydrogens is 214 g/mol. The van der Waals surface area contributed by atoms with Crippen LogP contribution in [0.3, 0.4) is 0 Å². The van der Waals surface area contributed by atoms with E-state index >= 15 is 0 Å². The Labute approximate surface area is 101 Å². The summed E-state index contributed by atoms with van der Waals surface area (Å²) < 4.78 is 0. The van der Waals surface area contributed by atoms with Crippen LogP contribution < -0.4 is 10.6 Å². The molecule has 0 unspecified atom stereocenters. The maximum absolute atomic E-state index is 9.51. The van der Waals surface area contributed by atoms with Gasteiger partial charge in [0.1, 0.15) is 0 Å². The van der Waals surface area contributed by atoms with Crippen LogP contribution in [-0.4, -0.2) is 23.4 Å². The molecule has 4 nitrogen and oxygen atoms in total. The van der Waals surface area contributed by atoms with Gasteiger partial charge >= 0.3 is 0 Å². The molecule has 0 amide bonds. The zero-order valence-corrected chi connectivity index (χ0v) is 9.76. The van der Waals surface area contributed by atoms with E-state index in [1.807, 2.05) is 12.1 Å². The number of hydrogen-bond donors (Lipinski definition) is 2. The number of hydroxylamine groups is 2. The van der Waals surface area contributed by atoms with Gasteiger partial charge in [-0.15, -0.1) is 0 Å². The van der Waals surface area contributed by atoms with Crippen molar-refractivity contribution in [2.24, 2.45) is 0 Å². The Morgan fingerprint density at radius 2 is 1.94 bits per heavy atom. The van der Waals surface area contributed by atoms with Crippen LogP contribution >= 0.6 is 0 Å². The molecule has 3 N–H and O–H groups in total. The number of rotatable bonds is 1. The largest absolute Gasteiger partial charge is 0.398 e. The minimum atomic E-state index is 0.472. The third-order valence-corrected chi connectivity index (χ3v) is 3.55. The summed E-state index contributed by atoms with van der Waals surface area (Å²) in [6.45, 7) is 2.71. The van der Waals surface area contributed by atoms with Crippen molar-refractivity contribution < 1.29 is 5.21 Å². The molecular formula is C13H17N3O. The second-order valence-electron chi connectivity index (χ2n) is 4.67. The molecule has 1 aromatic carbocycles. The highest BCUT2D eigenvalue weighted by molar-refractivity contribution is 5.76. The summed E-state index contributed by atoms with van der Waals surface area (Å²) in [4.78, 5) is 2.40. The van der Waals surface area contributed by atoms with Crippen LogP contribution in [0.4, 0.5) is 11.4 Å². The summed E-state index contributed by atoms with van der Waals surface area (Å²) in [5.74, 6) is 0. The molecule has 2 heterocycles. The first-order valence-corrected chi connectivity index (χ1v) is 6.06. The van der Waals surface area contributed by atoms with Crippen molar-refractivity contribution >= 4 is 17.5 Å². The van der Waals surface area contributed by atoms with Crippen LogP contribution in [0.1, 0.15) is 24.0 Å². The van der Waals surface area contributed by atoms with Crippen LogP contribution in [0.2, 0.25) is 0 Å². The fraction of sp³-hybridized carbons (Fsp3) is 0.385. The maximum Gasteiger partial charge on any atom is 0.0723 e. The van der Waals surface area contributed by atoms with Gasteiger partial charge in [-0.3, -0.25) is 10.3 Å². The first kappa shape index (κ1) is 10.5. The molecule has 0 aromatic heterocycles. The zero-order valence-electron chi connectivity index (χ0n) is 9.76. The van der Waals surface area contributed by atoms with E-state index in [4.69, 9.17) is 5.73 Å². The molecule has 1 fully saturated rings. The Balaban J connectivity index is 2.07. The smallest absolute Gasteiger partial charge is 0.0723 e. The number of benzene rings is 1. The Kier molecular flexibility index (Phi) is 2.44. The Hall–Kier alpha value is -1.68. The molecule has 0 bridgehead atoms. The molecule has 0 radical (unpaired) electrons. The number of nitrogens with zero attached hydrogens (tertiary/aromatic N) is 2. The van der Waals surface area contributed by atoms with E-state index in [1.54, 1.807) is 6.20 Å². The van der Waals surface area contributed by atoms with Crippen molar-refractivity contribution in [1.82, 2.24) is 5.06 Å². The summed E-state index contributed by atoms with van der Waals surface area (Å²) in [6, 6.07) is 4.04. The van der Waals surface area contributed by atoms with Crippen molar-refractivity contribution in [1.29, 1.82) is 0 Å². The van der Waals surface area contributed by atoms with E-state index in [-0.39, 0.29) is 0 Å². The molecule has 1 aromatic rings. The van der Waals surface area contributed by atoms with Gasteiger partial charge < -0.3 is 10.6 Å². The third kappa shape index (κ3) is 1.74. The zero-order chi connectivity index (χ0) is 11.8. The topological polar surface area (TPSA) is 52.7 Å². The van der Waals surface area contributed by atoms with E-state index in [2.05, 4.69) is 11.0 Å². The summed E-state index contributed by atoms with van der Waals surface area (Å²) in [7, 11) is 0. The number of anilines is 2. The number of hydrogen-bond acceptors (Lipinski definition) is 4. The van der Waals surface area contributed by atoms with Gasteiger partial charge in [-0.2, -0.15) is 0 Å². The average Bonchev–Trinajstić information content (AvgIpc) is 2.84.